The van der Waals surface area contributed by atoms with Crippen LogP contribution in [0.2, 0.25) is 0 Å². The minimum atomic E-state index is -0.499. The van der Waals surface area contributed by atoms with E-state index < -0.39 is 6.10 Å². The second-order valence-corrected chi connectivity index (χ2v) is 4.56. The standard InChI is InChI=1S/C14H16N4O2/c19-14(17-6-5-13-15-7-8-16-13)12-9-18-10-3-1-2-4-11(10)20-12/h1-4,7-8,12,18H,5-6,9H2,(H,15,16)(H,17,19). The first kappa shape index (κ1) is 12.5. The lowest BCUT2D eigenvalue weighted by molar-refractivity contribution is -0.127. The first-order valence-electron chi connectivity index (χ1n) is 6.58. The van der Waals surface area contributed by atoms with Crippen molar-refractivity contribution in [2.45, 2.75) is 12.5 Å². The molecule has 6 nitrogen and oxygen atoms in total. The lowest BCUT2D eigenvalue weighted by atomic mass is 10.2. The van der Waals surface area contributed by atoms with Gasteiger partial charge in [-0.1, -0.05) is 12.1 Å². The largest absolute Gasteiger partial charge is 0.477 e. The maximum absolute atomic E-state index is 12.0. The fraction of sp³-hybridized carbons (Fsp3) is 0.286. The molecule has 2 aromatic rings. The number of rotatable bonds is 4. The number of ether oxygens (including phenoxy) is 1. The highest BCUT2D eigenvalue weighted by Crippen LogP contribution is 2.28. The monoisotopic (exact) mass is 272 g/mol. The van der Waals surface area contributed by atoms with Crippen LogP contribution in [0.25, 0.3) is 0 Å². The normalized spacial score (nSPS) is 16.7. The molecule has 0 spiro atoms. The van der Waals surface area contributed by atoms with Gasteiger partial charge >= 0.3 is 0 Å². The highest BCUT2D eigenvalue weighted by Gasteiger charge is 2.25. The van der Waals surface area contributed by atoms with Crippen molar-refractivity contribution in [3.63, 3.8) is 0 Å². The van der Waals surface area contributed by atoms with Crippen molar-refractivity contribution in [1.82, 2.24) is 15.3 Å². The van der Waals surface area contributed by atoms with Crippen LogP contribution in [0.1, 0.15) is 5.82 Å². The fourth-order valence-corrected chi connectivity index (χ4v) is 2.11. The van der Waals surface area contributed by atoms with Crippen LogP contribution in [0, 0.1) is 0 Å². The van der Waals surface area contributed by atoms with E-state index in [2.05, 4.69) is 20.6 Å². The topological polar surface area (TPSA) is 79.0 Å². The van der Waals surface area contributed by atoms with Crippen molar-refractivity contribution in [3.8, 4) is 5.75 Å². The molecule has 1 aromatic carbocycles. The van der Waals surface area contributed by atoms with Crippen LogP contribution in [0.4, 0.5) is 5.69 Å². The second-order valence-electron chi connectivity index (χ2n) is 4.56. The fourth-order valence-electron chi connectivity index (χ4n) is 2.11. The predicted molar refractivity (Wildman–Crippen MR) is 74.6 cm³/mol. The zero-order valence-corrected chi connectivity index (χ0v) is 10.9. The Morgan fingerprint density at radius 1 is 1.45 bits per heavy atom. The molecule has 0 fully saturated rings. The number of amides is 1. The van der Waals surface area contributed by atoms with E-state index in [4.69, 9.17) is 4.74 Å². The van der Waals surface area contributed by atoms with Crippen LogP contribution in [0.5, 0.6) is 5.75 Å². The SMILES string of the molecule is O=C(NCCc1ncc[nH]1)C1CNc2ccccc2O1. The van der Waals surface area contributed by atoms with Gasteiger partial charge in [-0.2, -0.15) is 0 Å². The van der Waals surface area contributed by atoms with Gasteiger partial charge in [0.25, 0.3) is 5.91 Å². The number of aromatic nitrogens is 2. The Labute approximate surface area is 116 Å². The molecule has 1 atom stereocenters. The summed E-state index contributed by atoms with van der Waals surface area (Å²) in [5, 5.41) is 6.05. The Balaban J connectivity index is 1.51. The molecule has 0 saturated heterocycles. The summed E-state index contributed by atoms with van der Waals surface area (Å²) in [5.74, 6) is 1.46. The van der Waals surface area contributed by atoms with E-state index >= 15 is 0 Å². The molecular weight excluding hydrogens is 256 g/mol. The van der Waals surface area contributed by atoms with E-state index in [1.54, 1.807) is 12.4 Å². The Hall–Kier alpha value is -2.50. The molecule has 0 aliphatic carbocycles. The van der Waals surface area contributed by atoms with Crippen molar-refractivity contribution >= 4 is 11.6 Å². The van der Waals surface area contributed by atoms with Crippen LogP contribution in [-0.2, 0) is 11.2 Å². The van der Waals surface area contributed by atoms with E-state index in [1.807, 2.05) is 24.3 Å². The first-order chi connectivity index (χ1) is 9.83. The van der Waals surface area contributed by atoms with Gasteiger partial charge in [0.05, 0.1) is 12.2 Å². The summed E-state index contributed by atoms with van der Waals surface area (Å²) in [4.78, 5) is 19.1. The summed E-state index contributed by atoms with van der Waals surface area (Å²) in [5.41, 5.74) is 0.923. The number of hydrogen-bond acceptors (Lipinski definition) is 4. The molecule has 3 rings (SSSR count). The molecule has 6 heteroatoms. The first-order valence-corrected chi connectivity index (χ1v) is 6.58. The molecule has 1 aliphatic rings. The number of aromatic amines is 1. The Kier molecular flexibility index (Phi) is 3.54. The van der Waals surface area contributed by atoms with Gasteiger partial charge in [0, 0.05) is 25.4 Å². The minimum Gasteiger partial charge on any atom is -0.477 e. The highest BCUT2D eigenvalue weighted by molar-refractivity contribution is 5.83. The van der Waals surface area contributed by atoms with Gasteiger partial charge in [0.1, 0.15) is 11.6 Å². The Morgan fingerprint density at radius 2 is 2.35 bits per heavy atom. The third-order valence-electron chi connectivity index (χ3n) is 3.14. The number of carbonyl (C=O) groups is 1. The average molecular weight is 272 g/mol. The van der Waals surface area contributed by atoms with Crippen molar-refractivity contribution in [3.05, 3.63) is 42.5 Å². The number of nitrogens with one attached hydrogen (secondary N) is 3. The number of para-hydroxylation sites is 2. The Bertz CT molecular complexity index is 583. The highest BCUT2D eigenvalue weighted by atomic mass is 16.5. The van der Waals surface area contributed by atoms with E-state index in [0.29, 0.717) is 25.3 Å². The summed E-state index contributed by atoms with van der Waals surface area (Å²) in [7, 11) is 0. The van der Waals surface area contributed by atoms with Crippen LogP contribution in [-0.4, -0.2) is 35.1 Å². The molecule has 0 radical (unpaired) electrons. The van der Waals surface area contributed by atoms with Gasteiger partial charge in [-0.05, 0) is 12.1 Å². The number of hydrogen-bond donors (Lipinski definition) is 3. The zero-order chi connectivity index (χ0) is 13.8. The van der Waals surface area contributed by atoms with E-state index in [1.165, 1.54) is 0 Å². The molecule has 20 heavy (non-hydrogen) atoms. The number of nitrogens with zero attached hydrogens (tertiary/aromatic N) is 1. The third-order valence-corrected chi connectivity index (χ3v) is 3.14. The van der Waals surface area contributed by atoms with Crippen LogP contribution in [0.3, 0.4) is 0 Å². The van der Waals surface area contributed by atoms with Gasteiger partial charge in [0.15, 0.2) is 6.10 Å². The maximum Gasteiger partial charge on any atom is 0.262 e. The van der Waals surface area contributed by atoms with Crippen molar-refractivity contribution < 1.29 is 9.53 Å². The van der Waals surface area contributed by atoms with Gasteiger partial charge in [0.2, 0.25) is 0 Å². The third kappa shape index (κ3) is 2.74. The summed E-state index contributed by atoms with van der Waals surface area (Å²) in [6, 6.07) is 7.60. The summed E-state index contributed by atoms with van der Waals surface area (Å²) in [6.45, 7) is 1.01. The van der Waals surface area contributed by atoms with E-state index in [0.717, 1.165) is 11.5 Å². The average Bonchev–Trinajstić information content (AvgIpc) is 3.00. The quantitative estimate of drug-likeness (QED) is 0.774. The minimum absolute atomic E-state index is 0.112. The summed E-state index contributed by atoms with van der Waals surface area (Å²) < 4.78 is 5.68. The van der Waals surface area contributed by atoms with Crippen molar-refractivity contribution in [2.75, 3.05) is 18.4 Å². The predicted octanol–water partition coefficient (Wildman–Crippen LogP) is 0.941. The van der Waals surface area contributed by atoms with Gasteiger partial charge in [-0.25, -0.2) is 4.98 Å². The number of H-pyrrole nitrogens is 1. The van der Waals surface area contributed by atoms with E-state index in [9.17, 15) is 4.79 Å². The number of benzene rings is 1. The molecule has 0 bridgehead atoms. The molecule has 3 N–H and O–H groups in total. The lowest BCUT2D eigenvalue weighted by Gasteiger charge is -2.26. The number of fused-ring (bicyclic) bond motifs is 1. The number of anilines is 1. The number of imidazole rings is 1. The molecule has 1 aliphatic heterocycles. The van der Waals surface area contributed by atoms with Crippen molar-refractivity contribution in [2.24, 2.45) is 0 Å². The smallest absolute Gasteiger partial charge is 0.262 e. The van der Waals surface area contributed by atoms with Crippen molar-refractivity contribution in [1.29, 1.82) is 0 Å². The van der Waals surface area contributed by atoms with Gasteiger partial charge in [-0.15, -0.1) is 0 Å². The van der Waals surface area contributed by atoms with E-state index in [-0.39, 0.29) is 5.91 Å². The summed E-state index contributed by atoms with van der Waals surface area (Å²) in [6.07, 6.45) is 3.64. The molecule has 104 valence electrons. The Morgan fingerprint density at radius 3 is 3.20 bits per heavy atom. The molecule has 2 heterocycles. The van der Waals surface area contributed by atoms with Crippen LogP contribution >= 0.6 is 0 Å². The number of carbonyl (C=O) groups excluding carboxylic acids is 1. The zero-order valence-electron chi connectivity index (χ0n) is 10.9. The molecule has 1 amide bonds. The van der Waals surface area contributed by atoms with Gasteiger partial charge < -0.3 is 20.4 Å². The molecule has 1 aromatic heterocycles. The molecular formula is C14H16N4O2. The van der Waals surface area contributed by atoms with Crippen LogP contribution in [0.15, 0.2) is 36.7 Å². The lowest BCUT2D eigenvalue weighted by Crippen LogP contribution is -2.45. The summed E-state index contributed by atoms with van der Waals surface area (Å²) >= 11 is 0. The molecule has 0 saturated carbocycles. The molecule has 1 unspecified atom stereocenters. The second kappa shape index (κ2) is 5.64. The maximum atomic E-state index is 12.0. The van der Waals surface area contributed by atoms with Crippen LogP contribution < -0.4 is 15.4 Å². The van der Waals surface area contributed by atoms with Gasteiger partial charge in [-0.3, -0.25) is 4.79 Å².